The number of methoxy groups -OCH3 is 1. The molecule has 0 saturated carbocycles. The van der Waals surface area contributed by atoms with Gasteiger partial charge in [-0.2, -0.15) is 0 Å². The molecular formula is C12H18N2O3. The van der Waals surface area contributed by atoms with Gasteiger partial charge in [0.05, 0.1) is 25.4 Å². The van der Waals surface area contributed by atoms with Gasteiger partial charge in [-0.3, -0.25) is 9.78 Å². The van der Waals surface area contributed by atoms with Gasteiger partial charge in [-0.05, 0) is 19.1 Å². The van der Waals surface area contributed by atoms with Crippen molar-refractivity contribution < 1.29 is 14.3 Å². The first-order chi connectivity index (χ1) is 8.25. The van der Waals surface area contributed by atoms with Crippen LogP contribution < -0.4 is 5.32 Å². The third-order valence-electron chi connectivity index (χ3n) is 2.22. The van der Waals surface area contributed by atoms with Crippen LogP contribution in [0.3, 0.4) is 0 Å². The number of ether oxygens (including phenoxy) is 2. The van der Waals surface area contributed by atoms with Gasteiger partial charge in [-0.15, -0.1) is 0 Å². The maximum atomic E-state index is 11.7. The minimum Gasteiger partial charge on any atom is -0.382 e. The number of rotatable bonds is 7. The third kappa shape index (κ3) is 4.93. The number of carbonyl (C=O) groups excluding carboxylic acids is 1. The summed E-state index contributed by atoms with van der Waals surface area (Å²) in [4.78, 5) is 15.8. The predicted octanol–water partition coefficient (Wildman–Crippen LogP) is 0.783. The first-order valence-corrected chi connectivity index (χ1v) is 5.52. The Hall–Kier alpha value is -1.46. The fraction of sp³-hybridized carbons (Fsp3) is 0.500. The molecule has 17 heavy (non-hydrogen) atoms. The van der Waals surface area contributed by atoms with Crippen LogP contribution in [0.4, 0.5) is 0 Å². The van der Waals surface area contributed by atoms with Crippen LogP contribution in [0, 0.1) is 6.92 Å². The molecule has 1 aromatic rings. The minimum absolute atomic E-state index is 0.119. The molecule has 1 heterocycles. The Balaban J connectivity index is 2.24. The normalized spacial score (nSPS) is 10.2. The summed E-state index contributed by atoms with van der Waals surface area (Å²) < 4.78 is 10.1. The molecule has 0 spiro atoms. The molecule has 0 bridgehead atoms. The maximum absolute atomic E-state index is 11.7. The predicted molar refractivity (Wildman–Crippen MR) is 64.0 cm³/mol. The summed E-state index contributed by atoms with van der Waals surface area (Å²) in [5.41, 5.74) is 1.33. The summed E-state index contributed by atoms with van der Waals surface area (Å²) in [7, 11) is 1.62. The fourth-order valence-corrected chi connectivity index (χ4v) is 1.30. The quantitative estimate of drug-likeness (QED) is 0.713. The van der Waals surface area contributed by atoms with Crippen molar-refractivity contribution in [3.8, 4) is 0 Å². The van der Waals surface area contributed by atoms with Gasteiger partial charge in [-0.1, -0.05) is 0 Å². The second-order valence-electron chi connectivity index (χ2n) is 3.50. The number of amides is 1. The Labute approximate surface area is 101 Å². The van der Waals surface area contributed by atoms with Gasteiger partial charge in [0.15, 0.2) is 0 Å². The van der Waals surface area contributed by atoms with Gasteiger partial charge in [-0.25, -0.2) is 0 Å². The van der Waals surface area contributed by atoms with Crippen molar-refractivity contribution in [1.82, 2.24) is 10.3 Å². The van der Waals surface area contributed by atoms with E-state index in [0.717, 1.165) is 5.69 Å². The Kier molecular flexibility index (Phi) is 6.21. The van der Waals surface area contributed by atoms with Crippen LogP contribution in [-0.4, -0.2) is 44.4 Å². The van der Waals surface area contributed by atoms with Gasteiger partial charge >= 0.3 is 0 Å². The van der Waals surface area contributed by atoms with Crippen LogP contribution in [0.15, 0.2) is 18.3 Å². The molecule has 1 amide bonds. The lowest BCUT2D eigenvalue weighted by Gasteiger charge is -2.07. The molecule has 94 valence electrons. The summed E-state index contributed by atoms with van der Waals surface area (Å²) in [6.07, 6.45) is 1.67. The highest BCUT2D eigenvalue weighted by Crippen LogP contribution is 2.02. The lowest BCUT2D eigenvalue weighted by atomic mass is 10.2. The van der Waals surface area contributed by atoms with Crippen molar-refractivity contribution in [2.45, 2.75) is 6.92 Å². The number of hydrogen-bond donors (Lipinski definition) is 1. The average molecular weight is 238 g/mol. The van der Waals surface area contributed by atoms with E-state index >= 15 is 0 Å². The highest BCUT2D eigenvalue weighted by atomic mass is 16.5. The molecule has 0 atom stereocenters. The molecule has 0 aromatic carbocycles. The molecule has 0 aliphatic heterocycles. The molecule has 1 aromatic heterocycles. The Morgan fingerprint density at radius 3 is 2.94 bits per heavy atom. The minimum atomic E-state index is -0.119. The number of hydrogen-bond acceptors (Lipinski definition) is 4. The van der Waals surface area contributed by atoms with Crippen molar-refractivity contribution in [3.63, 3.8) is 0 Å². The Morgan fingerprint density at radius 1 is 1.41 bits per heavy atom. The zero-order chi connectivity index (χ0) is 12.5. The monoisotopic (exact) mass is 238 g/mol. The molecule has 0 unspecified atom stereocenters. The molecule has 5 nitrogen and oxygen atoms in total. The van der Waals surface area contributed by atoms with E-state index in [1.54, 1.807) is 25.4 Å². The Bertz CT molecular complexity index is 355. The van der Waals surface area contributed by atoms with Gasteiger partial charge in [0.1, 0.15) is 0 Å². The van der Waals surface area contributed by atoms with Crippen LogP contribution in [0.25, 0.3) is 0 Å². The topological polar surface area (TPSA) is 60.5 Å². The number of aryl methyl sites for hydroxylation is 1. The smallest absolute Gasteiger partial charge is 0.253 e. The van der Waals surface area contributed by atoms with E-state index in [-0.39, 0.29) is 5.91 Å². The highest BCUT2D eigenvalue weighted by molar-refractivity contribution is 5.95. The second kappa shape index (κ2) is 7.76. The molecule has 0 saturated heterocycles. The van der Waals surface area contributed by atoms with E-state index in [1.807, 2.05) is 6.92 Å². The second-order valence-corrected chi connectivity index (χ2v) is 3.50. The first-order valence-electron chi connectivity index (χ1n) is 5.52. The Morgan fingerprint density at radius 2 is 2.24 bits per heavy atom. The fourth-order valence-electron chi connectivity index (χ4n) is 1.30. The van der Waals surface area contributed by atoms with E-state index in [2.05, 4.69) is 10.3 Å². The molecule has 1 N–H and O–H groups in total. The van der Waals surface area contributed by atoms with E-state index in [4.69, 9.17) is 9.47 Å². The number of nitrogens with one attached hydrogen (secondary N) is 1. The molecule has 1 rings (SSSR count). The van der Waals surface area contributed by atoms with E-state index in [9.17, 15) is 4.79 Å². The largest absolute Gasteiger partial charge is 0.382 e. The van der Waals surface area contributed by atoms with Crippen LogP contribution in [-0.2, 0) is 9.47 Å². The van der Waals surface area contributed by atoms with Gasteiger partial charge in [0, 0.05) is 25.5 Å². The van der Waals surface area contributed by atoms with Gasteiger partial charge in [0.25, 0.3) is 5.91 Å². The summed E-state index contributed by atoms with van der Waals surface area (Å²) in [5.74, 6) is -0.119. The average Bonchev–Trinajstić information content (AvgIpc) is 2.34. The standard InChI is InChI=1S/C12H18N2O3/c1-10-11(4-3-5-13-10)12(15)14-6-7-17-9-8-16-2/h3-5H,6-9H2,1-2H3,(H,14,15). The van der Waals surface area contributed by atoms with Crippen LogP contribution >= 0.6 is 0 Å². The zero-order valence-electron chi connectivity index (χ0n) is 10.2. The summed E-state index contributed by atoms with van der Waals surface area (Å²) >= 11 is 0. The lowest BCUT2D eigenvalue weighted by Crippen LogP contribution is -2.28. The van der Waals surface area contributed by atoms with Crippen LogP contribution in [0.2, 0.25) is 0 Å². The van der Waals surface area contributed by atoms with E-state index in [0.29, 0.717) is 31.9 Å². The molecule has 0 aliphatic rings. The number of aromatic nitrogens is 1. The molecular weight excluding hydrogens is 220 g/mol. The summed E-state index contributed by atoms with van der Waals surface area (Å²) in [6.45, 7) is 3.88. The molecule has 0 fully saturated rings. The first kappa shape index (κ1) is 13.6. The maximum Gasteiger partial charge on any atom is 0.253 e. The van der Waals surface area contributed by atoms with E-state index < -0.39 is 0 Å². The highest BCUT2D eigenvalue weighted by Gasteiger charge is 2.07. The van der Waals surface area contributed by atoms with E-state index in [1.165, 1.54) is 0 Å². The third-order valence-corrected chi connectivity index (χ3v) is 2.22. The van der Waals surface area contributed by atoms with Crippen molar-refractivity contribution in [1.29, 1.82) is 0 Å². The van der Waals surface area contributed by atoms with Crippen molar-refractivity contribution >= 4 is 5.91 Å². The van der Waals surface area contributed by atoms with Crippen molar-refractivity contribution in [3.05, 3.63) is 29.6 Å². The number of nitrogens with zero attached hydrogens (tertiary/aromatic N) is 1. The van der Waals surface area contributed by atoms with Crippen LogP contribution in [0.5, 0.6) is 0 Å². The molecule has 0 aliphatic carbocycles. The van der Waals surface area contributed by atoms with Gasteiger partial charge < -0.3 is 14.8 Å². The van der Waals surface area contributed by atoms with Gasteiger partial charge in [0.2, 0.25) is 0 Å². The summed E-state index contributed by atoms with van der Waals surface area (Å²) in [6, 6.07) is 3.50. The number of pyridine rings is 1. The van der Waals surface area contributed by atoms with Crippen LogP contribution in [0.1, 0.15) is 16.1 Å². The van der Waals surface area contributed by atoms with Crippen molar-refractivity contribution in [2.24, 2.45) is 0 Å². The zero-order valence-corrected chi connectivity index (χ0v) is 10.2. The summed E-state index contributed by atoms with van der Waals surface area (Å²) in [5, 5.41) is 2.77. The molecule has 0 radical (unpaired) electrons. The lowest BCUT2D eigenvalue weighted by molar-refractivity contribution is 0.0692. The molecule has 5 heteroatoms. The SMILES string of the molecule is COCCOCCNC(=O)c1cccnc1C. The van der Waals surface area contributed by atoms with Crippen molar-refractivity contribution in [2.75, 3.05) is 33.5 Å². The number of carbonyl (C=O) groups is 1.